The van der Waals surface area contributed by atoms with Crippen LogP contribution in [-0.2, 0) is 0 Å². The Morgan fingerprint density at radius 2 is 2.25 bits per heavy atom. The summed E-state index contributed by atoms with van der Waals surface area (Å²) >= 11 is 3.33. The molecule has 0 amide bonds. The number of hydrogen-bond donors (Lipinski definition) is 1. The molecular formula is C6H13BrO. The molecule has 0 spiro atoms. The Morgan fingerprint density at radius 1 is 1.62 bits per heavy atom. The monoisotopic (exact) mass is 180 g/mol. The maximum atomic E-state index is 8.51. The largest absolute Gasteiger partial charge is 0.395 e. The summed E-state index contributed by atoms with van der Waals surface area (Å²) in [7, 11) is 0. The molecule has 0 heterocycles. The van der Waals surface area contributed by atoms with E-state index in [0.717, 1.165) is 6.42 Å². The highest BCUT2D eigenvalue weighted by atomic mass is 79.9. The Hall–Kier alpha value is 0.440. The average Bonchev–Trinajstić information content (AvgIpc) is 1.83. The molecule has 0 aromatic rings. The molecule has 1 nitrogen and oxygen atoms in total. The Bertz CT molecular complexity index is 47.8. The third-order valence-corrected chi connectivity index (χ3v) is 1.82. The quantitative estimate of drug-likeness (QED) is 0.657. The van der Waals surface area contributed by atoms with Gasteiger partial charge in [0.25, 0.3) is 0 Å². The van der Waals surface area contributed by atoms with Crippen LogP contribution < -0.4 is 0 Å². The first-order chi connectivity index (χ1) is 3.81. The summed E-state index contributed by atoms with van der Waals surface area (Å²) in [6.07, 6.45) is 3.51. The van der Waals surface area contributed by atoms with E-state index in [0.29, 0.717) is 4.83 Å². The molecule has 0 saturated carbocycles. The lowest BCUT2D eigenvalue weighted by Gasteiger charge is -2.01. The number of unbranched alkanes of at least 4 members (excludes halogenated alkanes) is 1. The molecule has 0 aliphatic heterocycles. The summed E-state index contributed by atoms with van der Waals surface area (Å²) in [5, 5.41) is 8.51. The zero-order valence-electron chi connectivity index (χ0n) is 5.23. The van der Waals surface area contributed by atoms with Gasteiger partial charge in [-0.2, -0.15) is 0 Å². The first-order valence-corrected chi connectivity index (χ1v) is 3.97. The first-order valence-electron chi connectivity index (χ1n) is 3.06. The molecular weight excluding hydrogens is 168 g/mol. The minimum absolute atomic E-state index is 0.264. The van der Waals surface area contributed by atoms with E-state index >= 15 is 0 Å². The summed E-state index contributed by atoms with van der Waals surface area (Å²) < 4.78 is 0. The predicted molar refractivity (Wildman–Crippen MR) is 39.3 cm³/mol. The Kier molecular flexibility index (Phi) is 5.88. The molecule has 2 heteroatoms. The van der Waals surface area contributed by atoms with Gasteiger partial charge in [-0.3, -0.25) is 0 Å². The number of alkyl halides is 1. The fourth-order valence-corrected chi connectivity index (χ4v) is 0.841. The molecule has 0 aliphatic carbocycles. The van der Waals surface area contributed by atoms with Crippen LogP contribution in [0.25, 0.3) is 0 Å². The second kappa shape index (κ2) is 5.57. The van der Waals surface area contributed by atoms with Crippen molar-refractivity contribution in [2.24, 2.45) is 0 Å². The summed E-state index contributed by atoms with van der Waals surface area (Å²) in [6, 6.07) is 0. The van der Waals surface area contributed by atoms with Crippen LogP contribution in [0.15, 0.2) is 0 Å². The molecule has 0 saturated heterocycles. The molecule has 0 aliphatic rings. The highest BCUT2D eigenvalue weighted by Crippen LogP contribution is 2.07. The van der Waals surface area contributed by atoms with E-state index in [4.69, 9.17) is 5.11 Å². The van der Waals surface area contributed by atoms with Gasteiger partial charge in [0.05, 0.1) is 6.61 Å². The molecule has 8 heavy (non-hydrogen) atoms. The number of aliphatic hydroxyl groups is 1. The molecule has 1 N–H and O–H groups in total. The van der Waals surface area contributed by atoms with Crippen LogP contribution in [0.4, 0.5) is 0 Å². The molecule has 0 unspecified atom stereocenters. The standard InChI is InChI=1S/C6H13BrO/c1-2-3-4-6(7)5-8/h6,8H,2-5H2,1H3/t6-/m1/s1. The van der Waals surface area contributed by atoms with Gasteiger partial charge < -0.3 is 5.11 Å². The minimum atomic E-state index is 0.264. The lowest BCUT2D eigenvalue weighted by atomic mass is 10.2. The third kappa shape index (κ3) is 4.60. The van der Waals surface area contributed by atoms with E-state index in [1.54, 1.807) is 0 Å². The number of halogens is 1. The van der Waals surface area contributed by atoms with Gasteiger partial charge in [0, 0.05) is 4.83 Å². The van der Waals surface area contributed by atoms with Gasteiger partial charge >= 0.3 is 0 Å². The Morgan fingerprint density at radius 3 is 2.62 bits per heavy atom. The number of aliphatic hydroxyl groups excluding tert-OH is 1. The van der Waals surface area contributed by atoms with Crippen LogP contribution in [0, 0.1) is 0 Å². The normalized spacial score (nSPS) is 13.9. The molecule has 1 atom stereocenters. The zero-order chi connectivity index (χ0) is 6.41. The van der Waals surface area contributed by atoms with Gasteiger partial charge in [0.2, 0.25) is 0 Å². The highest BCUT2D eigenvalue weighted by Gasteiger charge is 1.98. The lowest BCUT2D eigenvalue weighted by Crippen LogP contribution is -2.02. The van der Waals surface area contributed by atoms with Crippen molar-refractivity contribution in [3.63, 3.8) is 0 Å². The van der Waals surface area contributed by atoms with Crippen LogP contribution in [-0.4, -0.2) is 16.5 Å². The van der Waals surface area contributed by atoms with Gasteiger partial charge in [0.15, 0.2) is 0 Å². The third-order valence-electron chi connectivity index (χ3n) is 1.07. The predicted octanol–water partition coefficient (Wildman–Crippen LogP) is 1.93. The molecule has 50 valence electrons. The Balaban J connectivity index is 2.86. The van der Waals surface area contributed by atoms with E-state index in [1.165, 1.54) is 12.8 Å². The van der Waals surface area contributed by atoms with Crippen LogP contribution in [0.5, 0.6) is 0 Å². The van der Waals surface area contributed by atoms with Crippen LogP contribution in [0.2, 0.25) is 0 Å². The van der Waals surface area contributed by atoms with Gasteiger partial charge in [-0.15, -0.1) is 0 Å². The van der Waals surface area contributed by atoms with E-state index in [-0.39, 0.29) is 6.61 Å². The van der Waals surface area contributed by atoms with Crippen molar-refractivity contribution in [1.82, 2.24) is 0 Å². The molecule has 0 aromatic heterocycles. The maximum Gasteiger partial charge on any atom is 0.0556 e. The van der Waals surface area contributed by atoms with Gasteiger partial charge in [-0.1, -0.05) is 35.7 Å². The number of hydrogen-bond acceptors (Lipinski definition) is 1. The first kappa shape index (κ1) is 8.44. The lowest BCUT2D eigenvalue weighted by molar-refractivity contribution is 0.291. The summed E-state index contributed by atoms with van der Waals surface area (Å²) in [6.45, 7) is 2.41. The second-order valence-electron chi connectivity index (χ2n) is 1.92. The molecule has 0 aromatic carbocycles. The molecule has 0 fully saturated rings. The van der Waals surface area contributed by atoms with Crippen molar-refractivity contribution in [2.45, 2.75) is 31.0 Å². The maximum absolute atomic E-state index is 8.51. The average molecular weight is 181 g/mol. The van der Waals surface area contributed by atoms with E-state index in [2.05, 4.69) is 22.9 Å². The smallest absolute Gasteiger partial charge is 0.0556 e. The van der Waals surface area contributed by atoms with E-state index in [1.807, 2.05) is 0 Å². The van der Waals surface area contributed by atoms with Gasteiger partial charge in [0.1, 0.15) is 0 Å². The number of rotatable bonds is 4. The van der Waals surface area contributed by atoms with Crippen molar-refractivity contribution in [2.75, 3.05) is 6.61 Å². The van der Waals surface area contributed by atoms with E-state index in [9.17, 15) is 0 Å². The summed E-state index contributed by atoms with van der Waals surface area (Å²) in [5.74, 6) is 0. The second-order valence-corrected chi connectivity index (χ2v) is 3.22. The fourth-order valence-electron chi connectivity index (χ4n) is 0.517. The van der Waals surface area contributed by atoms with Crippen molar-refractivity contribution in [3.8, 4) is 0 Å². The Labute approximate surface area is 59.2 Å². The van der Waals surface area contributed by atoms with E-state index < -0.39 is 0 Å². The zero-order valence-corrected chi connectivity index (χ0v) is 6.82. The SMILES string of the molecule is CCCC[C@@H](Br)CO. The van der Waals surface area contributed by atoms with Crippen molar-refractivity contribution < 1.29 is 5.11 Å². The van der Waals surface area contributed by atoms with Gasteiger partial charge in [-0.05, 0) is 6.42 Å². The van der Waals surface area contributed by atoms with Gasteiger partial charge in [-0.25, -0.2) is 0 Å². The highest BCUT2D eigenvalue weighted by molar-refractivity contribution is 9.09. The van der Waals surface area contributed by atoms with Crippen molar-refractivity contribution in [1.29, 1.82) is 0 Å². The van der Waals surface area contributed by atoms with Crippen molar-refractivity contribution >= 4 is 15.9 Å². The van der Waals surface area contributed by atoms with Crippen LogP contribution >= 0.6 is 15.9 Å². The molecule has 0 radical (unpaired) electrons. The fraction of sp³-hybridized carbons (Fsp3) is 1.00. The summed E-state index contributed by atoms with van der Waals surface area (Å²) in [4.78, 5) is 0.322. The summed E-state index contributed by atoms with van der Waals surface area (Å²) in [5.41, 5.74) is 0. The topological polar surface area (TPSA) is 20.2 Å². The molecule has 0 bridgehead atoms. The van der Waals surface area contributed by atoms with Crippen LogP contribution in [0.1, 0.15) is 26.2 Å². The minimum Gasteiger partial charge on any atom is -0.395 e. The molecule has 0 rings (SSSR count). The van der Waals surface area contributed by atoms with Crippen LogP contribution in [0.3, 0.4) is 0 Å². The van der Waals surface area contributed by atoms with Crippen molar-refractivity contribution in [3.05, 3.63) is 0 Å².